The van der Waals surface area contributed by atoms with Crippen molar-refractivity contribution in [1.29, 1.82) is 0 Å². The van der Waals surface area contributed by atoms with E-state index >= 15 is 0 Å². The lowest BCUT2D eigenvalue weighted by atomic mass is 10.1. The molecule has 18 heavy (non-hydrogen) atoms. The molecule has 0 aromatic heterocycles. The van der Waals surface area contributed by atoms with Gasteiger partial charge in [0.15, 0.2) is 23.1 Å². The molecule has 1 aromatic carbocycles. The summed E-state index contributed by atoms with van der Waals surface area (Å²) in [4.78, 5) is 22.6. The largest absolute Gasteiger partial charge is 0.505 e. The molecular formula is C11H10F2O5. The summed E-state index contributed by atoms with van der Waals surface area (Å²) in [6.45, 7) is 1.31. The molecule has 98 valence electrons. The van der Waals surface area contributed by atoms with Crippen LogP contribution in [-0.2, 0) is 9.53 Å². The fourth-order valence-corrected chi connectivity index (χ4v) is 1.25. The summed E-state index contributed by atoms with van der Waals surface area (Å²) in [6, 6.07) is 0.659. The Bertz CT molecular complexity index is 499. The van der Waals surface area contributed by atoms with E-state index < -0.39 is 40.4 Å². The zero-order chi connectivity index (χ0) is 13.9. The molecule has 0 amide bonds. The summed E-state index contributed by atoms with van der Waals surface area (Å²) in [5, 5.41) is 9.17. The second-order valence-corrected chi connectivity index (χ2v) is 3.15. The highest BCUT2D eigenvalue weighted by molar-refractivity contribution is 6.40. The normalized spacial score (nSPS) is 10.0. The number of aromatic hydroxyl groups is 1. The third kappa shape index (κ3) is 2.39. The second kappa shape index (κ2) is 5.44. The van der Waals surface area contributed by atoms with E-state index in [1.54, 1.807) is 0 Å². The number of ether oxygens (including phenoxy) is 2. The minimum atomic E-state index is -1.54. The van der Waals surface area contributed by atoms with Crippen molar-refractivity contribution in [2.24, 2.45) is 0 Å². The van der Waals surface area contributed by atoms with Crippen LogP contribution in [0.3, 0.4) is 0 Å². The number of carbonyl (C=O) groups excluding carboxylic acids is 2. The molecule has 0 saturated carbocycles. The summed E-state index contributed by atoms with van der Waals surface area (Å²) in [5.74, 6) is -7.40. The van der Waals surface area contributed by atoms with Crippen LogP contribution in [0.4, 0.5) is 8.78 Å². The fraction of sp³-hybridized carbons (Fsp3) is 0.273. The molecule has 0 atom stereocenters. The Hall–Kier alpha value is -2.18. The zero-order valence-corrected chi connectivity index (χ0v) is 9.62. The van der Waals surface area contributed by atoms with Crippen molar-refractivity contribution >= 4 is 11.8 Å². The number of phenolic OH excluding ortho intramolecular Hbond substituents is 1. The van der Waals surface area contributed by atoms with Gasteiger partial charge in [0.1, 0.15) is 5.56 Å². The van der Waals surface area contributed by atoms with Gasteiger partial charge in [0, 0.05) is 6.07 Å². The van der Waals surface area contributed by atoms with E-state index in [1.165, 1.54) is 6.92 Å². The van der Waals surface area contributed by atoms with Crippen LogP contribution in [0.15, 0.2) is 6.07 Å². The summed E-state index contributed by atoms with van der Waals surface area (Å²) in [7, 11) is 1.06. The number of halogens is 2. The number of methoxy groups -OCH3 is 1. The number of phenols is 1. The van der Waals surface area contributed by atoms with Gasteiger partial charge in [-0.1, -0.05) is 0 Å². The van der Waals surface area contributed by atoms with Gasteiger partial charge in [-0.25, -0.2) is 13.6 Å². The average molecular weight is 260 g/mol. The van der Waals surface area contributed by atoms with Crippen molar-refractivity contribution in [2.45, 2.75) is 6.92 Å². The first kappa shape index (κ1) is 13.9. The van der Waals surface area contributed by atoms with E-state index in [9.17, 15) is 23.5 Å². The molecule has 7 heteroatoms. The number of ketones is 1. The van der Waals surface area contributed by atoms with Crippen molar-refractivity contribution in [3.63, 3.8) is 0 Å². The minimum absolute atomic E-state index is 0.121. The van der Waals surface area contributed by atoms with Crippen LogP contribution >= 0.6 is 0 Å². The molecule has 0 aliphatic carbocycles. The van der Waals surface area contributed by atoms with E-state index in [4.69, 9.17) is 0 Å². The Kier molecular flexibility index (Phi) is 4.19. The van der Waals surface area contributed by atoms with E-state index in [-0.39, 0.29) is 6.61 Å². The molecule has 5 nitrogen and oxygen atoms in total. The number of hydrogen-bond donors (Lipinski definition) is 1. The second-order valence-electron chi connectivity index (χ2n) is 3.15. The van der Waals surface area contributed by atoms with E-state index in [1.807, 2.05) is 0 Å². The Balaban J connectivity index is 3.35. The lowest BCUT2D eigenvalue weighted by molar-refractivity contribution is -0.137. The molecule has 0 heterocycles. The van der Waals surface area contributed by atoms with Crippen LogP contribution in [0.1, 0.15) is 17.3 Å². The first-order chi connectivity index (χ1) is 8.43. The Morgan fingerprint density at radius 1 is 1.33 bits per heavy atom. The maximum atomic E-state index is 13.7. The Labute approximate surface area is 101 Å². The molecule has 0 fully saturated rings. The number of benzene rings is 1. The molecular weight excluding hydrogens is 250 g/mol. The highest BCUT2D eigenvalue weighted by Gasteiger charge is 2.29. The van der Waals surface area contributed by atoms with Gasteiger partial charge in [-0.05, 0) is 6.92 Å². The zero-order valence-electron chi connectivity index (χ0n) is 9.62. The van der Waals surface area contributed by atoms with Crippen LogP contribution in [0.2, 0.25) is 0 Å². The molecule has 1 N–H and O–H groups in total. The SMILES string of the molecule is CCOC(=O)C(=O)c1c(F)c(O)cc(OC)c1F. The molecule has 0 radical (unpaired) electrons. The van der Waals surface area contributed by atoms with E-state index in [0.29, 0.717) is 6.07 Å². The number of Topliss-reactive ketones (excluding diaryl/α,β-unsaturated/α-hetero) is 1. The van der Waals surface area contributed by atoms with Gasteiger partial charge >= 0.3 is 5.97 Å². The van der Waals surface area contributed by atoms with Gasteiger partial charge in [-0.2, -0.15) is 0 Å². The van der Waals surface area contributed by atoms with Crippen molar-refractivity contribution in [3.05, 3.63) is 23.3 Å². The van der Waals surface area contributed by atoms with Gasteiger partial charge in [0.05, 0.1) is 13.7 Å². The average Bonchev–Trinajstić information content (AvgIpc) is 2.34. The molecule has 0 aliphatic rings. The maximum Gasteiger partial charge on any atom is 0.379 e. The van der Waals surface area contributed by atoms with Crippen LogP contribution in [0, 0.1) is 11.6 Å². The smallest absolute Gasteiger partial charge is 0.379 e. The summed E-state index contributed by atoms with van der Waals surface area (Å²) in [6.07, 6.45) is 0. The van der Waals surface area contributed by atoms with E-state index in [0.717, 1.165) is 7.11 Å². The molecule has 1 rings (SSSR count). The predicted octanol–water partition coefficient (Wildman–Crippen LogP) is 1.42. The Morgan fingerprint density at radius 3 is 2.44 bits per heavy atom. The molecule has 0 aliphatic heterocycles. The first-order valence-electron chi connectivity index (χ1n) is 4.90. The summed E-state index contributed by atoms with van der Waals surface area (Å²) >= 11 is 0. The maximum absolute atomic E-state index is 13.7. The van der Waals surface area contributed by atoms with Crippen molar-refractivity contribution in [1.82, 2.24) is 0 Å². The highest BCUT2D eigenvalue weighted by Crippen LogP contribution is 2.30. The lowest BCUT2D eigenvalue weighted by Crippen LogP contribution is -2.20. The standard InChI is InChI=1S/C11H10F2O5/c1-3-18-11(16)10(15)7-8(12)5(14)4-6(17-2)9(7)13/h4,14H,3H2,1-2H3. The topological polar surface area (TPSA) is 72.8 Å². The third-order valence-electron chi connectivity index (χ3n) is 2.06. The predicted molar refractivity (Wildman–Crippen MR) is 55.5 cm³/mol. The quantitative estimate of drug-likeness (QED) is 0.503. The van der Waals surface area contributed by atoms with Crippen LogP contribution in [0.25, 0.3) is 0 Å². The van der Waals surface area contributed by atoms with Gasteiger partial charge in [0.25, 0.3) is 5.78 Å². The molecule has 0 unspecified atom stereocenters. The summed E-state index contributed by atoms with van der Waals surface area (Å²) in [5.41, 5.74) is -1.20. The number of rotatable bonds is 4. The molecule has 0 spiro atoms. The van der Waals surface area contributed by atoms with Crippen molar-refractivity contribution < 1.29 is 33.0 Å². The van der Waals surface area contributed by atoms with Crippen LogP contribution < -0.4 is 4.74 Å². The number of esters is 1. The first-order valence-corrected chi connectivity index (χ1v) is 4.90. The van der Waals surface area contributed by atoms with Crippen LogP contribution in [-0.4, -0.2) is 30.6 Å². The molecule has 1 aromatic rings. The van der Waals surface area contributed by atoms with Crippen molar-refractivity contribution in [3.8, 4) is 11.5 Å². The Morgan fingerprint density at radius 2 is 1.94 bits per heavy atom. The van der Waals surface area contributed by atoms with Gasteiger partial charge in [0.2, 0.25) is 0 Å². The molecule has 0 bridgehead atoms. The summed E-state index contributed by atoms with van der Waals surface area (Å²) < 4.78 is 36.0. The van der Waals surface area contributed by atoms with Gasteiger partial charge in [-0.15, -0.1) is 0 Å². The molecule has 0 saturated heterocycles. The number of hydrogen-bond acceptors (Lipinski definition) is 5. The third-order valence-corrected chi connectivity index (χ3v) is 2.06. The van der Waals surface area contributed by atoms with Crippen LogP contribution in [0.5, 0.6) is 11.5 Å². The monoisotopic (exact) mass is 260 g/mol. The van der Waals surface area contributed by atoms with Crippen molar-refractivity contribution in [2.75, 3.05) is 13.7 Å². The minimum Gasteiger partial charge on any atom is -0.505 e. The van der Waals surface area contributed by atoms with Gasteiger partial charge < -0.3 is 14.6 Å². The van der Waals surface area contributed by atoms with E-state index in [2.05, 4.69) is 9.47 Å². The lowest BCUT2D eigenvalue weighted by Gasteiger charge is -2.09. The fourth-order valence-electron chi connectivity index (χ4n) is 1.25. The number of carbonyl (C=O) groups is 2. The highest BCUT2D eigenvalue weighted by atomic mass is 19.1. The van der Waals surface area contributed by atoms with Gasteiger partial charge in [-0.3, -0.25) is 4.79 Å².